The van der Waals surface area contributed by atoms with Crippen LogP contribution in [0, 0.1) is 6.92 Å². The first-order valence-corrected chi connectivity index (χ1v) is 7.23. The minimum absolute atomic E-state index is 0.815. The van der Waals surface area contributed by atoms with Crippen LogP contribution >= 0.6 is 0 Å². The standard InChI is InChI=1S/C16H24N2/c1-13-3-4-15-12-18(10-5-14(15)11-13)16-6-8-17(2)9-7-16/h3-4,11,16H,5-10,12H2,1-2H3. The van der Waals surface area contributed by atoms with Crippen LogP contribution < -0.4 is 0 Å². The van der Waals surface area contributed by atoms with Crippen molar-refractivity contribution in [3.05, 3.63) is 34.9 Å². The van der Waals surface area contributed by atoms with Gasteiger partial charge in [-0.2, -0.15) is 0 Å². The molecule has 0 saturated carbocycles. The van der Waals surface area contributed by atoms with Crippen LogP contribution in [0.15, 0.2) is 18.2 Å². The van der Waals surface area contributed by atoms with E-state index in [1.54, 1.807) is 11.1 Å². The Morgan fingerprint density at radius 3 is 2.61 bits per heavy atom. The van der Waals surface area contributed by atoms with Gasteiger partial charge in [-0.1, -0.05) is 23.8 Å². The van der Waals surface area contributed by atoms with Crippen molar-refractivity contribution in [2.45, 2.75) is 38.8 Å². The largest absolute Gasteiger partial charge is 0.306 e. The van der Waals surface area contributed by atoms with Gasteiger partial charge in [0, 0.05) is 19.1 Å². The Hall–Kier alpha value is -0.860. The molecule has 0 atom stereocenters. The Morgan fingerprint density at radius 2 is 1.83 bits per heavy atom. The molecular formula is C16H24N2. The van der Waals surface area contributed by atoms with Crippen molar-refractivity contribution in [2.24, 2.45) is 0 Å². The Kier molecular flexibility index (Phi) is 3.40. The van der Waals surface area contributed by atoms with E-state index >= 15 is 0 Å². The summed E-state index contributed by atoms with van der Waals surface area (Å²) in [6.45, 7) is 7.16. The first-order chi connectivity index (χ1) is 8.72. The van der Waals surface area contributed by atoms with Gasteiger partial charge in [-0.25, -0.2) is 0 Å². The van der Waals surface area contributed by atoms with E-state index in [0.717, 1.165) is 6.04 Å². The van der Waals surface area contributed by atoms with Crippen LogP contribution in [0.4, 0.5) is 0 Å². The van der Waals surface area contributed by atoms with Gasteiger partial charge in [-0.15, -0.1) is 0 Å². The van der Waals surface area contributed by atoms with E-state index < -0.39 is 0 Å². The zero-order valence-electron chi connectivity index (χ0n) is 11.7. The summed E-state index contributed by atoms with van der Waals surface area (Å²) in [5.41, 5.74) is 4.55. The number of aryl methyl sites for hydroxylation is 1. The molecule has 1 fully saturated rings. The molecule has 0 spiro atoms. The van der Waals surface area contributed by atoms with Gasteiger partial charge in [0.25, 0.3) is 0 Å². The number of benzene rings is 1. The quantitative estimate of drug-likeness (QED) is 0.749. The highest BCUT2D eigenvalue weighted by molar-refractivity contribution is 5.33. The molecule has 1 aromatic rings. The molecule has 98 valence electrons. The number of likely N-dealkylation sites (tertiary alicyclic amines) is 1. The number of nitrogens with zero attached hydrogens (tertiary/aromatic N) is 2. The fraction of sp³-hybridized carbons (Fsp3) is 0.625. The second-order valence-corrected chi connectivity index (χ2v) is 6.03. The average Bonchev–Trinajstić information content (AvgIpc) is 2.39. The maximum Gasteiger partial charge on any atom is 0.0239 e. The molecule has 18 heavy (non-hydrogen) atoms. The van der Waals surface area contributed by atoms with Crippen molar-refractivity contribution in [3.63, 3.8) is 0 Å². The van der Waals surface area contributed by atoms with Gasteiger partial charge in [-0.05, 0) is 57.5 Å². The van der Waals surface area contributed by atoms with Gasteiger partial charge in [-0.3, -0.25) is 4.90 Å². The average molecular weight is 244 g/mol. The lowest BCUT2D eigenvalue weighted by Crippen LogP contribution is -2.45. The number of hydrogen-bond donors (Lipinski definition) is 0. The molecule has 2 heteroatoms. The van der Waals surface area contributed by atoms with E-state index in [0.29, 0.717) is 0 Å². The van der Waals surface area contributed by atoms with Crippen LogP contribution in [0.5, 0.6) is 0 Å². The third-order valence-corrected chi connectivity index (χ3v) is 4.61. The zero-order chi connectivity index (χ0) is 12.5. The molecule has 2 aliphatic heterocycles. The first kappa shape index (κ1) is 12.2. The molecule has 0 radical (unpaired) electrons. The maximum absolute atomic E-state index is 2.71. The highest BCUT2D eigenvalue weighted by atomic mass is 15.2. The van der Waals surface area contributed by atoms with E-state index in [4.69, 9.17) is 0 Å². The molecule has 2 nitrogen and oxygen atoms in total. The molecule has 1 saturated heterocycles. The molecular weight excluding hydrogens is 220 g/mol. The second-order valence-electron chi connectivity index (χ2n) is 6.03. The fourth-order valence-corrected chi connectivity index (χ4v) is 3.38. The van der Waals surface area contributed by atoms with Gasteiger partial charge in [0.15, 0.2) is 0 Å². The number of hydrogen-bond acceptors (Lipinski definition) is 2. The van der Waals surface area contributed by atoms with Gasteiger partial charge < -0.3 is 4.90 Å². The smallest absolute Gasteiger partial charge is 0.0239 e. The van der Waals surface area contributed by atoms with Gasteiger partial charge in [0.2, 0.25) is 0 Å². The summed E-state index contributed by atoms with van der Waals surface area (Å²) in [7, 11) is 2.24. The molecule has 2 aliphatic rings. The van der Waals surface area contributed by atoms with Gasteiger partial charge in [0.05, 0.1) is 0 Å². The van der Waals surface area contributed by atoms with E-state index in [1.807, 2.05) is 0 Å². The summed E-state index contributed by atoms with van der Waals surface area (Å²) in [6, 6.07) is 7.79. The normalized spacial score (nSPS) is 23.0. The first-order valence-electron chi connectivity index (χ1n) is 7.23. The Balaban J connectivity index is 1.69. The van der Waals surface area contributed by atoms with Crippen LogP contribution in [0.3, 0.4) is 0 Å². The minimum Gasteiger partial charge on any atom is -0.306 e. The fourth-order valence-electron chi connectivity index (χ4n) is 3.38. The lowest BCUT2D eigenvalue weighted by molar-refractivity contribution is 0.109. The summed E-state index contributed by atoms with van der Waals surface area (Å²) in [5, 5.41) is 0. The molecule has 0 N–H and O–H groups in total. The highest BCUT2D eigenvalue weighted by Crippen LogP contribution is 2.25. The van der Waals surface area contributed by atoms with Crippen molar-refractivity contribution in [1.29, 1.82) is 0 Å². The zero-order valence-corrected chi connectivity index (χ0v) is 11.7. The van der Waals surface area contributed by atoms with E-state index in [-0.39, 0.29) is 0 Å². The third-order valence-electron chi connectivity index (χ3n) is 4.61. The SMILES string of the molecule is Cc1ccc2c(c1)CCN(C1CCN(C)CC1)C2. The van der Waals surface area contributed by atoms with Crippen molar-refractivity contribution in [3.8, 4) is 0 Å². The van der Waals surface area contributed by atoms with Crippen molar-refractivity contribution in [1.82, 2.24) is 9.80 Å². The highest BCUT2D eigenvalue weighted by Gasteiger charge is 2.26. The lowest BCUT2D eigenvalue weighted by Gasteiger charge is -2.39. The Labute approximate surface area is 111 Å². The van der Waals surface area contributed by atoms with Crippen LogP contribution in [0.1, 0.15) is 29.5 Å². The molecule has 2 heterocycles. The van der Waals surface area contributed by atoms with E-state index in [2.05, 4.69) is 42.0 Å². The molecule has 0 aliphatic carbocycles. The number of piperidine rings is 1. The number of rotatable bonds is 1. The molecule has 3 rings (SSSR count). The summed E-state index contributed by atoms with van der Waals surface area (Å²) < 4.78 is 0. The molecule has 1 aromatic carbocycles. The van der Waals surface area contributed by atoms with E-state index in [1.165, 1.54) is 51.0 Å². The Bertz CT molecular complexity index is 419. The predicted octanol–water partition coefficient (Wildman–Crippen LogP) is 2.45. The van der Waals surface area contributed by atoms with Gasteiger partial charge in [0.1, 0.15) is 0 Å². The summed E-state index contributed by atoms with van der Waals surface area (Å²) in [5.74, 6) is 0. The topological polar surface area (TPSA) is 6.48 Å². The van der Waals surface area contributed by atoms with Crippen LogP contribution in [-0.2, 0) is 13.0 Å². The predicted molar refractivity (Wildman–Crippen MR) is 75.8 cm³/mol. The number of fused-ring (bicyclic) bond motifs is 1. The lowest BCUT2D eigenvalue weighted by atomic mass is 9.94. The minimum atomic E-state index is 0.815. The molecule has 0 bridgehead atoms. The molecule has 0 unspecified atom stereocenters. The molecule has 0 aromatic heterocycles. The summed E-state index contributed by atoms with van der Waals surface area (Å²) in [6.07, 6.45) is 3.93. The van der Waals surface area contributed by atoms with Crippen molar-refractivity contribution >= 4 is 0 Å². The van der Waals surface area contributed by atoms with E-state index in [9.17, 15) is 0 Å². The summed E-state index contributed by atoms with van der Waals surface area (Å²) in [4.78, 5) is 5.17. The van der Waals surface area contributed by atoms with Crippen LogP contribution in [0.25, 0.3) is 0 Å². The maximum atomic E-state index is 2.71. The third kappa shape index (κ3) is 2.45. The van der Waals surface area contributed by atoms with Crippen molar-refractivity contribution in [2.75, 3.05) is 26.7 Å². The van der Waals surface area contributed by atoms with Crippen LogP contribution in [0.2, 0.25) is 0 Å². The van der Waals surface area contributed by atoms with Gasteiger partial charge >= 0.3 is 0 Å². The summed E-state index contributed by atoms with van der Waals surface area (Å²) >= 11 is 0. The Morgan fingerprint density at radius 1 is 1.06 bits per heavy atom. The molecule has 0 amide bonds. The van der Waals surface area contributed by atoms with Crippen LogP contribution in [-0.4, -0.2) is 42.5 Å². The monoisotopic (exact) mass is 244 g/mol. The second kappa shape index (κ2) is 5.02. The van der Waals surface area contributed by atoms with Crippen molar-refractivity contribution < 1.29 is 0 Å².